The molecule has 0 radical (unpaired) electrons. The molecule has 0 amide bonds. The number of thioether (sulfide) groups is 1. The third kappa shape index (κ3) is 4.96. The lowest BCUT2D eigenvalue weighted by atomic mass is 10.3. The van der Waals surface area contributed by atoms with Crippen molar-refractivity contribution >= 4 is 11.8 Å². The average molecular weight is 243 g/mol. The molecule has 0 aromatic heterocycles. The van der Waals surface area contributed by atoms with Gasteiger partial charge >= 0.3 is 0 Å². The Morgan fingerprint density at radius 1 is 1.44 bits per heavy atom. The zero-order valence-corrected chi connectivity index (χ0v) is 10.4. The standard InChI is InChI=1S/C12H18FNOS/c1-9(2)14-11(7-15)8-16-12-5-3-4-10(13)6-12/h3-6,9,11,14-15H,7-8H2,1-2H3. The van der Waals surface area contributed by atoms with Crippen LogP contribution >= 0.6 is 11.8 Å². The van der Waals surface area contributed by atoms with Gasteiger partial charge in [-0.2, -0.15) is 0 Å². The van der Waals surface area contributed by atoms with E-state index in [0.29, 0.717) is 6.04 Å². The maximum absolute atomic E-state index is 12.9. The normalized spacial score (nSPS) is 13.1. The lowest BCUT2D eigenvalue weighted by Gasteiger charge is -2.18. The summed E-state index contributed by atoms with van der Waals surface area (Å²) in [4.78, 5) is 0.893. The van der Waals surface area contributed by atoms with E-state index in [0.717, 1.165) is 10.6 Å². The summed E-state index contributed by atoms with van der Waals surface area (Å²) >= 11 is 1.55. The highest BCUT2D eigenvalue weighted by atomic mass is 32.2. The van der Waals surface area contributed by atoms with E-state index in [1.165, 1.54) is 12.1 Å². The molecule has 2 nitrogen and oxygen atoms in total. The summed E-state index contributed by atoms with van der Waals surface area (Å²) in [7, 11) is 0. The molecule has 0 bridgehead atoms. The molecule has 2 N–H and O–H groups in total. The van der Waals surface area contributed by atoms with Gasteiger partial charge in [-0.15, -0.1) is 11.8 Å². The van der Waals surface area contributed by atoms with Crippen molar-refractivity contribution in [3.8, 4) is 0 Å². The Kier molecular flexibility index (Phi) is 5.80. The maximum Gasteiger partial charge on any atom is 0.124 e. The van der Waals surface area contributed by atoms with Crippen LogP contribution in [0.4, 0.5) is 4.39 Å². The number of aliphatic hydroxyl groups is 1. The molecule has 0 saturated carbocycles. The summed E-state index contributed by atoms with van der Waals surface area (Å²) < 4.78 is 12.9. The first-order valence-corrected chi connectivity index (χ1v) is 6.35. The fourth-order valence-corrected chi connectivity index (χ4v) is 2.34. The number of nitrogens with one attached hydrogen (secondary N) is 1. The van der Waals surface area contributed by atoms with Crippen molar-refractivity contribution in [3.05, 3.63) is 30.1 Å². The smallest absolute Gasteiger partial charge is 0.124 e. The summed E-state index contributed by atoms with van der Waals surface area (Å²) in [6, 6.07) is 6.89. The van der Waals surface area contributed by atoms with Gasteiger partial charge in [0, 0.05) is 22.7 Å². The molecule has 0 aliphatic rings. The minimum absolute atomic E-state index is 0.0493. The molecule has 90 valence electrons. The first kappa shape index (κ1) is 13.5. The molecule has 1 rings (SSSR count). The minimum Gasteiger partial charge on any atom is -0.395 e. The predicted molar refractivity (Wildman–Crippen MR) is 66.3 cm³/mol. The van der Waals surface area contributed by atoms with Gasteiger partial charge in [0.25, 0.3) is 0 Å². The van der Waals surface area contributed by atoms with Crippen LogP contribution in [0.25, 0.3) is 0 Å². The number of hydrogen-bond donors (Lipinski definition) is 2. The van der Waals surface area contributed by atoms with Crippen molar-refractivity contribution in [1.29, 1.82) is 0 Å². The van der Waals surface area contributed by atoms with Crippen LogP contribution in [0.1, 0.15) is 13.8 Å². The molecule has 0 spiro atoms. The molecule has 1 unspecified atom stereocenters. The Labute approximate surface area is 100 Å². The average Bonchev–Trinajstić information content (AvgIpc) is 2.24. The highest BCUT2D eigenvalue weighted by molar-refractivity contribution is 7.99. The molecule has 1 aromatic carbocycles. The van der Waals surface area contributed by atoms with Gasteiger partial charge in [0.2, 0.25) is 0 Å². The van der Waals surface area contributed by atoms with Crippen molar-refractivity contribution in [2.75, 3.05) is 12.4 Å². The summed E-state index contributed by atoms with van der Waals surface area (Å²) in [6.07, 6.45) is 0. The van der Waals surface area contributed by atoms with Crippen molar-refractivity contribution in [3.63, 3.8) is 0 Å². The van der Waals surface area contributed by atoms with E-state index < -0.39 is 0 Å². The first-order valence-electron chi connectivity index (χ1n) is 5.37. The Hall–Kier alpha value is -0.580. The topological polar surface area (TPSA) is 32.3 Å². The summed E-state index contributed by atoms with van der Waals surface area (Å²) in [6.45, 7) is 4.17. The van der Waals surface area contributed by atoms with Gasteiger partial charge in [0.1, 0.15) is 5.82 Å². The number of rotatable bonds is 6. The van der Waals surface area contributed by atoms with E-state index in [1.807, 2.05) is 19.9 Å². The van der Waals surface area contributed by atoms with Crippen LogP contribution in [0.15, 0.2) is 29.2 Å². The lowest BCUT2D eigenvalue weighted by Crippen LogP contribution is -2.39. The molecule has 16 heavy (non-hydrogen) atoms. The Balaban J connectivity index is 2.43. The van der Waals surface area contributed by atoms with Crippen molar-refractivity contribution in [2.45, 2.75) is 30.8 Å². The van der Waals surface area contributed by atoms with E-state index in [-0.39, 0.29) is 18.5 Å². The van der Waals surface area contributed by atoms with Crippen molar-refractivity contribution in [1.82, 2.24) is 5.32 Å². The predicted octanol–water partition coefficient (Wildman–Crippen LogP) is 2.28. The second-order valence-corrected chi connectivity index (χ2v) is 5.06. The molecular formula is C12H18FNOS. The number of benzene rings is 1. The fraction of sp³-hybridized carbons (Fsp3) is 0.500. The number of halogens is 1. The van der Waals surface area contributed by atoms with Crippen molar-refractivity contribution < 1.29 is 9.50 Å². The molecule has 0 aliphatic heterocycles. The van der Waals surface area contributed by atoms with Gasteiger partial charge in [-0.3, -0.25) is 0 Å². The van der Waals surface area contributed by atoms with Gasteiger partial charge in [-0.05, 0) is 18.2 Å². The van der Waals surface area contributed by atoms with Crippen LogP contribution in [0.2, 0.25) is 0 Å². The second kappa shape index (κ2) is 6.89. The molecule has 0 fully saturated rings. The molecule has 0 aliphatic carbocycles. The van der Waals surface area contributed by atoms with Crippen LogP contribution in [-0.4, -0.2) is 29.5 Å². The first-order chi connectivity index (χ1) is 7.61. The van der Waals surface area contributed by atoms with Gasteiger partial charge in [0.15, 0.2) is 0 Å². The van der Waals surface area contributed by atoms with E-state index in [2.05, 4.69) is 5.32 Å². The van der Waals surface area contributed by atoms with Gasteiger partial charge < -0.3 is 10.4 Å². The quantitative estimate of drug-likeness (QED) is 0.752. The Morgan fingerprint density at radius 3 is 2.75 bits per heavy atom. The lowest BCUT2D eigenvalue weighted by molar-refractivity contribution is 0.247. The van der Waals surface area contributed by atoms with Crippen LogP contribution in [0.5, 0.6) is 0 Å². The Morgan fingerprint density at radius 2 is 2.19 bits per heavy atom. The van der Waals surface area contributed by atoms with Gasteiger partial charge in [-0.25, -0.2) is 4.39 Å². The highest BCUT2D eigenvalue weighted by Crippen LogP contribution is 2.19. The van der Waals surface area contributed by atoms with E-state index >= 15 is 0 Å². The number of aliphatic hydroxyl groups excluding tert-OH is 1. The largest absolute Gasteiger partial charge is 0.395 e. The third-order valence-electron chi connectivity index (χ3n) is 2.04. The third-order valence-corrected chi connectivity index (χ3v) is 3.19. The highest BCUT2D eigenvalue weighted by Gasteiger charge is 2.09. The molecule has 0 saturated heterocycles. The molecule has 0 heterocycles. The monoisotopic (exact) mass is 243 g/mol. The molecule has 1 aromatic rings. The van der Waals surface area contributed by atoms with Crippen LogP contribution in [0.3, 0.4) is 0 Å². The number of hydrogen-bond acceptors (Lipinski definition) is 3. The maximum atomic E-state index is 12.9. The van der Waals surface area contributed by atoms with E-state index in [1.54, 1.807) is 17.8 Å². The molecule has 1 atom stereocenters. The summed E-state index contributed by atoms with van der Waals surface area (Å²) in [5, 5.41) is 12.4. The van der Waals surface area contributed by atoms with Crippen LogP contribution < -0.4 is 5.32 Å². The zero-order valence-electron chi connectivity index (χ0n) is 9.61. The fourth-order valence-electron chi connectivity index (χ4n) is 1.38. The SMILES string of the molecule is CC(C)NC(CO)CSc1cccc(F)c1. The summed E-state index contributed by atoms with van der Waals surface area (Å²) in [5.74, 6) is 0.514. The van der Waals surface area contributed by atoms with Gasteiger partial charge in [-0.1, -0.05) is 19.9 Å². The minimum atomic E-state index is -0.220. The van der Waals surface area contributed by atoms with Crippen molar-refractivity contribution in [2.24, 2.45) is 0 Å². The van der Waals surface area contributed by atoms with E-state index in [4.69, 9.17) is 5.11 Å². The van der Waals surface area contributed by atoms with Gasteiger partial charge in [0.05, 0.1) is 6.61 Å². The second-order valence-electron chi connectivity index (χ2n) is 3.97. The Bertz CT molecular complexity index is 320. The molecular weight excluding hydrogens is 225 g/mol. The van der Waals surface area contributed by atoms with Crippen LogP contribution in [0, 0.1) is 5.82 Å². The molecule has 4 heteroatoms. The van der Waals surface area contributed by atoms with Crippen LogP contribution in [-0.2, 0) is 0 Å². The van der Waals surface area contributed by atoms with E-state index in [9.17, 15) is 4.39 Å². The zero-order chi connectivity index (χ0) is 12.0. The summed E-state index contributed by atoms with van der Waals surface area (Å²) in [5.41, 5.74) is 0.